The van der Waals surface area contributed by atoms with Crippen molar-refractivity contribution in [3.8, 4) is 0 Å². The van der Waals surface area contributed by atoms with Gasteiger partial charge in [-0.05, 0) is 41.5 Å². The summed E-state index contributed by atoms with van der Waals surface area (Å²) in [5.41, 5.74) is 0.685. The highest BCUT2D eigenvalue weighted by molar-refractivity contribution is 5.99. The maximum atomic E-state index is 13.4. The number of hydrazine groups is 1. The lowest BCUT2D eigenvalue weighted by atomic mass is 9.94. The molecule has 0 aromatic heterocycles. The molecule has 0 amide bonds. The molecular weight excluding hydrogens is 533 g/mol. The minimum atomic E-state index is -5.13. The van der Waals surface area contributed by atoms with Crippen molar-refractivity contribution in [3.05, 3.63) is 69.8 Å². The summed E-state index contributed by atoms with van der Waals surface area (Å²) < 4.78 is 120. The molecule has 0 aliphatic rings. The Bertz CT molecular complexity index is 1150. The molecule has 0 saturated carbocycles. The Morgan fingerprint density at radius 3 is 1.76 bits per heavy atom. The molecule has 0 spiro atoms. The van der Waals surface area contributed by atoms with Crippen molar-refractivity contribution in [2.75, 3.05) is 7.05 Å². The second kappa shape index (κ2) is 11.1. The van der Waals surface area contributed by atoms with Crippen LogP contribution in [0.3, 0.4) is 0 Å². The molecule has 0 bridgehead atoms. The largest absolute Gasteiger partial charge is 0.416 e. The summed E-state index contributed by atoms with van der Waals surface area (Å²) in [7, 11) is 1.20. The van der Waals surface area contributed by atoms with Crippen LogP contribution in [0.5, 0.6) is 0 Å². The molecule has 0 fully saturated rings. The lowest BCUT2D eigenvalue weighted by molar-refractivity contribution is -0.143. The molecule has 2 rings (SSSR count). The molecule has 0 aliphatic heterocycles. The van der Waals surface area contributed by atoms with Crippen LogP contribution in [0.1, 0.15) is 52.0 Å². The van der Waals surface area contributed by atoms with Crippen LogP contribution in [0, 0.1) is 5.92 Å². The molecule has 0 radical (unpaired) electrons. The van der Waals surface area contributed by atoms with Crippen molar-refractivity contribution in [3.63, 3.8) is 0 Å². The van der Waals surface area contributed by atoms with Gasteiger partial charge in [-0.25, -0.2) is 11.0 Å². The van der Waals surface area contributed by atoms with E-state index in [1.165, 1.54) is 20.9 Å². The number of hydrogen-bond acceptors (Lipinski definition) is 4. The Hall–Kier alpha value is -3.49. The Morgan fingerprint density at radius 2 is 1.34 bits per heavy atom. The van der Waals surface area contributed by atoms with Crippen LogP contribution < -0.4 is 11.6 Å². The number of hydrazone groups is 1. The molecule has 0 atom stereocenters. The van der Waals surface area contributed by atoms with Crippen LogP contribution >= 0.6 is 0 Å². The predicted octanol–water partition coefficient (Wildman–Crippen LogP) is 5.62. The number of nitrogens with two attached hydrogens (primary N) is 2. The quantitative estimate of drug-likeness (QED) is 0.115. The number of Topliss-reactive ketones (excluding diaryl/α,β-unsaturated/α-hetero) is 1. The molecule has 0 heterocycles. The van der Waals surface area contributed by atoms with Crippen molar-refractivity contribution in [2.24, 2.45) is 22.6 Å². The molecule has 38 heavy (non-hydrogen) atoms. The molecule has 0 saturated heterocycles. The van der Waals surface area contributed by atoms with Crippen molar-refractivity contribution >= 4 is 11.7 Å². The molecule has 15 heteroatoms. The van der Waals surface area contributed by atoms with Gasteiger partial charge in [0.1, 0.15) is 0 Å². The fourth-order valence-corrected chi connectivity index (χ4v) is 3.43. The number of nitrogens with zero attached hydrogens (tertiary/aromatic N) is 3. The van der Waals surface area contributed by atoms with Crippen LogP contribution in [-0.4, -0.2) is 28.8 Å². The first-order valence-corrected chi connectivity index (χ1v) is 10.8. The zero-order valence-corrected chi connectivity index (χ0v) is 20.3. The van der Waals surface area contributed by atoms with E-state index < -0.39 is 71.5 Å². The van der Waals surface area contributed by atoms with Gasteiger partial charge in [0.25, 0.3) is 0 Å². The molecule has 0 aliphatic carbocycles. The number of benzene rings is 2. The van der Waals surface area contributed by atoms with Crippen LogP contribution in [0.25, 0.3) is 0 Å². The molecule has 2 aromatic carbocycles. The number of carbonyl (C=O) groups is 1. The second-order valence-corrected chi connectivity index (χ2v) is 8.69. The van der Waals surface area contributed by atoms with E-state index in [0.29, 0.717) is 29.4 Å². The van der Waals surface area contributed by atoms with E-state index in [9.17, 15) is 44.3 Å². The minimum absolute atomic E-state index is 0.0643. The number of halogens is 9. The third kappa shape index (κ3) is 8.00. The smallest absolute Gasteiger partial charge is 0.368 e. The Balaban J connectivity index is 2.69. The van der Waals surface area contributed by atoms with Crippen molar-refractivity contribution in [1.82, 2.24) is 10.0 Å². The van der Waals surface area contributed by atoms with E-state index in [4.69, 9.17) is 11.6 Å². The lowest BCUT2D eigenvalue weighted by Crippen LogP contribution is -2.39. The maximum absolute atomic E-state index is 13.4. The third-order valence-electron chi connectivity index (χ3n) is 5.19. The molecule has 4 N–H and O–H groups in total. The molecule has 210 valence electrons. The van der Waals surface area contributed by atoms with Gasteiger partial charge < -0.3 is 10.6 Å². The first-order valence-electron chi connectivity index (χ1n) is 10.8. The Labute approximate surface area is 211 Å². The summed E-state index contributed by atoms with van der Waals surface area (Å²) in [6.45, 7) is 1.63. The number of guanidine groups is 1. The fourth-order valence-electron chi connectivity index (χ4n) is 3.43. The summed E-state index contributed by atoms with van der Waals surface area (Å²) in [5, 5.41) is 4.36. The van der Waals surface area contributed by atoms with E-state index in [1.807, 2.05) is 0 Å². The highest BCUT2D eigenvalue weighted by Gasteiger charge is 2.37. The predicted molar refractivity (Wildman–Crippen MR) is 120 cm³/mol. The average Bonchev–Trinajstić information content (AvgIpc) is 2.75. The van der Waals surface area contributed by atoms with E-state index in [0.717, 1.165) is 11.0 Å². The highest BCUT2D eigenvalue weighted by Crippen LogP contribution is 2.37. The lowest BCUT2D eigenvalue weighted by Gasteiger charge is -2.27. The molecule has 2 aromatic rings. The number of alkyl halides is 9. The van der Waals surface area contributed by atoms with Crippen molar-refractivity contribution < 1.29 is 44.3 Å². The van der Waals surface area contributed by atoms with E-state index in [-0.39, 0.29) is 17.2 Å². The van der Waals surface area contributed by atoms with E-state index >= 15 is 0 Å². The van der Waals surface area contributed by atoms with Gasteiger partial charge in [-0.2, -0.15) is 39.5 Å². The number of rotatable bonds is 7. The SMILES string of the molecule is CC(C)C(=O)c1ccc(C(F)(F)F)cc1CN(Cc1cc(C(F)(F)F)cc(C(F)(F)F)c1)/C(N)=N/N(C)N. The van der Waals surface area contributed by atoms with Gasteiger partial charge in [-0.15, -0.1) is 5.10 Å². The average molecular weight is 557 g/mol. The standard InChI is InChI=1S/C23H24F9N5O/c1-12(2)19(38)18-5-4-15(21(24,25)26)8-14(18)11-37(20(33)35-36(3)34)10-13-6-16(22(27,28)29)9-17(7-13)23(30,31)32/h4-9,12H,10-11,34H2,1-3H3,(H2,33,35). The third-order valence-corrected chi connectivity index (χ3v) is 5.19. The van der Waals surface area contributed by atoms with Crippen molar-refractivity contribution in [2.45, 2.75) is 45.5 Å². The fraction of sp³-hybridized carbons (Fsp3) is 0.391. The van der Waals surface area contributed by atoms with Gasteiger partial charge in [0.2, 0.25) is 5.96 Å². The first kappa shape index (κ1) is 30.7. The minimum Gasteiger partial charge on any atom is -0.368 e. The normalized spacial score (nSPS) is 13.2. The number of ketones is 1. The molecular formula is C23H24F9N5O. The van der Waals surface area contributed by atoms with Gasteiger partial charge in [0.05, 0.1) is 16.7 Å². The van der Waals surface area contributed by atoms with Crippen molar-refractivity contribution in [1.29, 1.82) is 0 Å². The topological polar surface area (TPSA) is 88.0 Å². The van der Waals surface area contributed by atoms with E-state index in [1.54, 1.807) is 0 Å². The van der Waals surface area contributed by atoms with E-state index in [2.05, 4.69) is 5.10 Å². The summed E-state index contributed by atoms with van der Waals surface area (Å²) in [5.74, 6) is 3.69. The number of carbonyl (C=O) groups excluding carboxylic acids is 1. The Kier molecular flexibility index (Phi) is 8.97. The molecule has 0 unspecified atom stereocenters. The maximum Gasteiger partial charge on any atom is 0.416 e. The summed E-state index contributed by atoms with van der Waals surface area (Å²) in [4.78, 5) is 13.6. The van der Waals surface area contributed by atoms with Gasteiger partial charge >= 0.3 is 18.5 Å². The highest BCUT2D eigenvalue weighted by atomic mass is 19.4. The molecule has 6 nitrogen and oxygen atoms in total. The van der Waals surface area contributed by atoms with Crippen LogP contribution in [0.15, 0.2) is 41.5 Å². The van der Waals surface area contributed by atoms with Crippen LogP contribution in [0.2, 0.25) is 0 Å². The monoisotopic (exact) mass is 557 g/mol. The van der Waals surface area contributed by atoms with Gasteiger partial charge in [-0.3, -0.25) is 4.79 Å². The number of hydrogen-bond donors (Lipinski definition) is 2. The summed E-state index contributed by atoms with van der Waals surface area (Å²) >= 11 is 0. The van der Waals surface area contributed by atoms with Gasteiger partial charge in [-0.1, -0.05) is 19.9 Å². The van der Waals surface area contributed by atoms with Gasteiger partial charge in [0, 0.05) is 31.6 Å². The zero-order valence-electron chi connectivity index (χ0n) is 20.3. The Morgan fingerprint density at radius 1 is 0.842 bits per heavy atom. The summed E-state index contributed by atoms with van der Waals surface area (Å²) in [6.07, 6.45) is -15.1. The van der Waals surface area contributed by atoms with Gasteiger partial charge in [0.15, 0.2) is 5.78 Å². The zero-order chi connectivity index (χ0) is 29.2. The summed E-state index contributed by atoms with van der Waals surface area (Å²) in [6, 6.07) is 3.15. The first-order chi connectivity index (χ1) is 17.2. The second-order valence-electron chi connectivity index (χ2n) is 8.69. The van der Waals surface area contributed by atoms with Crippen LogP contribution in [-0.2, 0) is 31.6 Å². The van der Waals surface area contributed by atoms with Crippen LogP contribution in [0.4, 0.5) is 39.5 Å².